The maximum atomic E-state index is 13.9. The van der Waals surface area contributed by atoms with Gasteiger partial charge in [-0.1, -0.05) is 6.07 Å². The van der Waals surface area contributed by atoms with E-state index in [4.69, 9.17) is 4.74 Å². The smallest absolute Gasteiger partial charge is 0.375 e. The summed E-state index contributed by atoms with van der Waals surface area (Å²) in [4.78, 5) is 8.77. The molecule has 6 rings (SSSR count). The maximum Gasteiger partial charge on any atom is 0.420 e. The third-order valence-corrected chi connectivity index (χ3v) is 9.67. The van der Waals surface area contributed by atoms with E-state index in [9.17, 15) is 21.6 Å². The first-order chi connectivity index (χ1) is 17.2. The van der Waals surface area contributed by atoms with Crippen molar-refractivity contribution >= 4 is 32.8 Å². The van der Waals surface area contributed by atoms with Gasteiger partial charge in [0, 0.05) is 23.3 Å². The van der Waals surface area contributed by atoms with Gasteiger partial charge in [-0.2, -0.15) is 13.2 Å². The Kier molecular flexibility index (Phi) is 5.82. The Labute approximate surface area is 210 Å². The highest BCUT2D eigenvalue weighted by atomic mass is 32.2. The Bertz CT molecular complexity index is 1450. The van der Waals surface area contributed by atoms with Crippen LogP contribution < -0.4 is 10.6 Å². The summed E-state index contributed by atoms with van der Waals surface area (Å²) in [5.41, 5.74) is 3.01. The largest absolute Gasteiger partial charge is 0.420 e. The molecular formula is C24H23F3N4O3S2. The molecule has 3 aliphatic rings. The van der Waals surface area contributed by atoms with Crippen LogP contribution in [0.15, 0.2) is 29.3 Å². The summed E-state index contributed by atoms with van der Waals surface area (Å²) < 4.78 is 72.3. The van der Waals surface area contributed by atoms with Gasteiger partial charge in [-0.25, -0.2) is 18.4 Å². The molecule has 0 amide bonds. The molecule has 7 nitrogen and oxygen atoms in total. The number of halogens is 3. The van der Waals surface area contributed by atoms with Gasteiger partial charge in [-0.3, -0.25) is 0 Å². The second kappa shape index (κ2) is 8.79. The Morgan fingerprint density at radius 3 is 2.78 bits per heavy atom. The zero-order valence-corrected chi connectivity index (χ0v) is 20.7. The first-order valence-electron chi connectivity index (χ1n) is 11.7. The minimum Gasteiger partial charge on any atom is -0.375 e. The zero-order chi connectivity index (χ0) is 25.1. The second-order valence-electron chi connectivity index (χ2n) is 9.26. The molecule has 1 aliphatic carbocycles. The summed E-state index contributed by atoms with van der Waals surface area (Å²) in [6, 6.07) is 5.52. The third kappa shape index (κ3) is 4.51. The Balaban J connectivity index is 1.43. The lowest BCUT2D eigenvalue weighted by Gasteiger charge is -2.21. The number of alkyl halides is 3. The third-order valence-electron chi connectivity index (χ3n) is 6.68. The molecule has 0 bridgehead atoms. The van der Waals surface area contributed by atoms with Crippen LogP contribution in [0.5, 0.6) is 0 Å². The molecule has 4 heterocycles. The number of rotatable bonds is 4. The Morgan fingerprint density at radius 2 is 2.00 bits per heavy atom. The Morgan fingerprint density at radius 1 is 1.17 bits per heavy atom. The van der Waals surface area contributed by atoms with Gasteiger partial charge in [0.1, 0.15) is 5.56 Å². The molecule has 0 spiro atoms. The van der Waals surface area contributed by atoms with Crippen molar-refractivity contribution in [1.82, 2.24) is 15.3 Å². The van der Waals surface area contributed by atoms with Crippen molar-refractivity contribution in [2.24, 2.45) is 0 Å². The fourth-order valence-electron chi connectivity index (χ4n) is 4.69. The fourth-order valence-corrected chi connectivity index (χ4v) is 7.52. The number of fused-ring (bicyclic) bond motifs is 2. The minimum atomic E-state index is -4.71. The van der Waals surface area contributed by atoms with Crippen LogP contribution in [-0.2, 0) is 40.3 Å². The maximum absolute atomic E-state index is 13.9. The van der Waals surface area contributed by atoms with E-state index in [1.165, 1.54) is 17.2 Å². The molecule has 1 aromatic carbocycles. The van der Waals surface area contributed by atoms with E-state index in [1.54, 1.807) is 0 Å². The summed E-state index contributed by atoms with van der Waals surface area (Å²) in [7, 11) is -3.65. The molecule has 0 unspecified atom stereocenters. The SMILES string of the molecule is O=S1(=O)CCOCc2sc(-c3nc(Nc4cc5c(cc4C4CC4)CNCC5)ncc3C(F)(F)F)cc21. The molecule has 190 valence electrons. The number of nitrogens with zero attached hydrogens (tertiary/aromatic N) is 2. The van der Waals surface area contributed by atoms with Crippen molar-refractivity contribution in [2.45, 2.75) is 49.4 Å². The van der Waals surface area contributed by atoms with Crippen LogP contribution in [0, 0.1) is 0 Å². The van der Waals surface area contributed by atoms with Crippen molar-refractivity contribution in [1.29, 1.82) is 0 Å². The molecule has 2 N–H and O–H groups in total. The molecule has 36 heavy (non-hydrogen) atoms. The van der Waals surface area contributed by atoms with Crippen molar-refractivity contribution < 1.29 is 26.3 Å². The number of anilines is 2. The van der Waals surface area contributed by atoms with Crippen LogP contribution in [0.1, 0.15) is 45.9 Å². The van der Waals surface area contributed by atoms with Gasteiger partial charge in [-0.15, -0.1) is 11.3 Å². The van der Waals surface area contributed by atoms with E-state index < -0.39 is 21.6 Å². The van der Waals surface area contributed by atoms with Crippen LogP contribution in [-0.4, -0.2) is 37.3 Å². The predicted octanol–water partition coefficient (Wildman–Crippen LogP) is 4.79. The Hall–Kier alpha value is -2.54. The average molecular weight is 537 g/mol. The molecule has 2 aromatic heterocycles. The summed E-state index contributed by atoms with van der Waals surface area (Å²) >= 11 is 0.957. The molecular weight excluding hydrogens is 513 g/mol. The number of benzene rings is 1. The molecule has 3 aromatic rings. The predicted molar refractivity (Wildman–Crippen MR) is 129 cm³/mol. The monoisotopic (exact) mass is 536 g/mol. The number of aromatic nitrogens is 2. The molecule has 1 saturated carbocycles. The molecule has 1 fully saturated rings. The lowest BCUT2D eigenvalue weighted by Crippen LogP contribution is -2.24. The molecule has 2 aliphatic heterocycles. The van der Waals surface area contributed by atoms with Gasteiger partial charge >= 0.3 is 6.18 Å². The second-order valence-corrected chi connectivity index (χ2v) is 12.5. The van der Waals surface area contributed by atoms with Gasteiger partial charge < -0.3 is 15.4 Å². The molecule has 0 atom stereocenters. The lowest BCUT2D eigenvalue weighted by molar-refractivity contribution is -0.137. The van der Waals surface area contributed by atoms with Gasteiger partial charge in [0.25, 0.3) is 0 Å². The van der Waals surface area contributed by atoms with E-state index in [-0.39, 0.29) is 40.4 Å². The van der Waals surface area contributed by atoms with Crippen molar-refractivity contribution in [3.8, 4) is 10.6 Å². The number of sulfone groups is 1. The quantitative estimate of drug-likeness (QED) is 0.495. The van der Waals surface area contributed by atoms with Crippen LogP contribution >= 0.6 is 11.3 Å². The average Bonchev–Trinajstić information content (AvgIpc) is 3.60. The zero-order valence-electron chi connectivity index (χ0n) is 19.1. The highest BCUT2D eigenvalue weighted by Gasteiger charge is 2.37. The fraction of sp³-hybridized carbons (Fsp3) is 0.417. The van der Waals surface area contributed by atoms with Gasteiger partial charge in [0.2, 0.25) is 5.95 Å². The van der Waals surface area contributed by atoms with E-state index in [0.717, 1.165) is 61.1 Å². The van der Waals surface area contributed by atoms with Crippen molar-refractivity contribution in [3.63, 3.8) is 0 Å². The lowest BCUT2D eigenvalue weighted by atomic mass is 9.95. The van der Waals surface area contributed by atoms with E-state index in [0.29, 0.717) is 10.8 Å². The molecule has 0 radical (unpaired) electrons. The summed E-state index contributed by atoms with van der Waals surface area (Å²) in [5, 5.41) is 6.54. The summed E-state index contributed by atoms with van der Waals surface area (Å²) in [5.74, 6) is 0.236. The highest BCUT2D eigenvalue weighted by Crippen LogP contribution is 2.46. The van der Waals surface area contributed by atoms with Gasteiger partial charge in [0.15, 0.2) is 9.84 Å². The first kappa shape index (κ1) is 23.8. The number of thiophene rings is 1. The van der Waals surface area contributed by atoms with Gasteiger partial charge in [0.05, 0.1) is 34.4 Å². The number of nitrogens with one attached hydrogen (secondary N) is 2. The van der Waals surface area contributed by atoms with Crippen LogP contribution in [0.3, 0.4) is 0 Å². The topological polar surface area (TPSA) is 93.2 Å². The molecule has 12 heteroatoms. The van der Waals surface area contributed by atoms with Gasteiger partial charge in [-0.05, 0) is 60.5 Å². The van der Waals surface area contributed by atoms with Crippen LogP contribution in [0.2, 0.25) is 0 Å². The molecule has 0 saturated heterocycles. The van der Waals surface area contributed by atoms with E-state index in [2.05, 4.69) is 32.7 Å². The highest BCUT2D eigenvalue weighted by molar-refractivity contribution is 7.91. The number of hydrogen-bond donors (Lipinski definition) is 2. The van der Waals surface area contributed by atoms with E-state index in [1.807, 2.05) is 0 Å². The van der Waals surface area contributed by atoms with Crippen LogP contribution in [0.4, 0.5) is 24.8 Å². The minimum absolute atomic E-state index is 0.0144. The standard InChI is InChI=1S/C24H23F3N4O3S2/c25-24(26,27)17-11-29-23(30-18-8-14-3-4-28-10-15(14)7-16(18)13-1-2-13)31-22(17)19-9-21-20(35-19)12-34-5-6-36(21,32)33/h7-9,11,13,28H,1-6,10,12H2,(H,29,30,31). The number of hydrogen-bond acceptors (Lipinski definition) is 8. The van der Waals surface area contributed by atoms with Crippen LogP contribution in [0.25, 0.3) is 10.6 Å². The summed E-state index contributed by atoms with van der Waals surface area (Å²) in [6.07, 6.45) is -0.942. The normalized spacial score (nSPS) is 19.3. The van der Waals surface area contributed by atoms with E-state index >= 15 is 0 Å². The van der Waals surface area contributed by atoms with Crippen molar-refractivity contribution in [3.05, 3.63) is 51.5 Å². The summed E-state index contributed by atoms with van der Waals surface area (Å²) in [6.45, 7) is 1.75. The van der Waals surface area contributed by atoms with Crippen molar-refractivity contribution in [2.75, 3.05) is 24.2 Å². The number of ether oxygens (including phenoxy) is 1. The first-order valence-corrected chi connectivity index (χ1v) is 14.2.